The minimum absolute atomic E-state index is 0.0804. The predicted octanol–water partition coefficient (Wildman–Crippen LogP) is 5.33. The molecule has 3 atom stereocenters. The van der Waals surface area contributed by atoms with Crippen LogP contribution in [0.4, 0.5) is 0 Å². The Bertz CT molecular complexity index is 802. The zero-order valence-corrected chi connectivity index (χ0v) is 19.0. The van der Waals surface area contributed by atoms with Gasteiger partial charge in [0.1, 0.15) is 11.4 Å². The van der Waals surface area contributed by atoms with Crippen molar-refractivity contribution in [2.45, 2.75) is 52.1 Å². The number of esters is 1. The molecule has 0 heterocycles. The summed E-state index contributed by atoms with van der Waals surface area (Å²) in [7, 11) is 1.64. The van der Waals surface area contributed by atoms with E-state index in [-0.39, 0.29) is 18.0 Å². The molecule has 0 bridgehead atoms. The summed E-state index contributed by atoms with van der Waals surface area (Å²) in [5, 5.41) is 0. The molecule has 0 aliphatic carbocycles. The van der Waals surface area contributed by atoms with Crippen molar-refractivity contribution in [1.82, 2.24) is 0 Å². The molecule has 1 unspecified atom stereocenters. The molecule has 0 N–H and O–H groups in total. The molecule has 168 valence electrons. The number of rotatable bonds is 13. The average molecular weight is 427 g/mol. The second kappa shape index (κ2) is 12.3. The van der Waals surface area contributed by atoms with Gasteiger partial charge >= 0.3 is 5.97 Å². The molecule has 2 rings (SSSR count). The number of benzene rings is 2. The van der Waals surface area contributed by atoms with Crippen molar-refractivity contribution >= 4 is 5.97 Å². The van der Waals surface area contributed by atoms with Crippen molar-refractivity contribution < 1.29 is 23.7 Å². The number of hydrogen-bond donors (Lipinski definition) is 0. The first-order valence-electron chi connectivity index (χ1n) is 10.5. The number of carbonyl (C=O) groups excluding carboxylic acids is 1. The van der Waals surface area contributed by atoms with E-state index < -0.39 is 5.60 Å². The highest BCUT2D eigenvalue weighted by Gasteiger charge is 2.31. The summed E-state index contributed by atoms with van der Waals surface area (Å²) < 4.78 is 23.0. The van der Waals surface area contributed by atoms with Crippen LogP contribution < -0.4 is 4.74 Å². The van der Waals surface area contributed by atoms with Gasteiger partial charge in [-0.3, -0.25) is 4.79 Å². The molecule has 0 aliphatic heterocycles. The molecule has 5 nitrogen and oxygen atoms in total. The van der Waals surface area contributed by atoms with E-state index in [2.05, 4.69) is 13.5 Å². The third-order valence-electron chi connectivity index (χ3n) is 5.17. The minimum Gasteiger partial charge on any atom is -0.497 e. The molecule has 0 radical (unpaired) electrons. The van der Waals surface area contributed by atoms with Crippen molar-refractivity contribution in [2.24, 2.45) is 5.92 Å². The first-order valence-corrected chi connectivity index (χ1v) is 10.5. The van der Waals surface area contributed by atoms with E-state index in [0.29, 0.717) is 26.2 Å². The largest absolute Gasteiger partial charge is 0.497 e. The van der Waals surface area contributed by atoms with Gasteiger partial charge in [0.05, 0.1) is 33.0 Å². The topological polar surface area (TPSA) is 54.0 Å². The van der Waals surface area contributed by atoms with E-state index in [1.54, 1.807) is 13.2 Å². The second-order valence-corrected chi connectivity index (χ2v) is 7.99. The summed E-state index contributed by atoms with van der Waals surface area (Å²) in [6.45, 7) is 10.7. The second-order valence-electron chi connectivity index (χ2n) is 7.99. The first kappa shape index (κ1) is 24.6. The maximum atomic E-state index is 11.6. The third-order valence-corrected chi connectivity index (χ3v) is 5.17. The summed E-state index contributed by atoms with van der Waals surface area (Å²) in [6, 6.07) is 17.8. The summed E-state index contributed by atoms with van der Waals surface area (Å²) in [6.07, 6.45) is 1.96. The molecule has 0 aromatic heterocycles. The third kappa shape index (κ3) is 8.56. The fraction of sp³-hybridized carbons (Fsp3) is 0.423. The Labute approximate surface area is 186 Å². The quantitative estimate of drug-likeness (QED) is 0.320. The molecule has 2 aromatic rings. The lowest BCUT2D eigenvalue weighted by atomic mass is 9.91. The van der Waals surface area contributed by atoms with Crippen molar-refractivity contribution in [2.75, 3.05) is 13.7 Å². The zero-order valence-electron chi connectivity index (χ0n) is 19.0. The molecule has 31 heavy (non-hydrogen) atoms. The monoisotopic (exact) mass is 426 g/mol. The van der Waals surface area contributed by atoms with Gasteiger partial charge in [-0.15, -0.1) is 0 Å². The molecule has 5 heteroatoms. The van der Waals surface area contributed by atoms with Gasteiger partial charge in [0.15, 0.2) is 0 Å². The minimum atomic E-state index is -0.815. The van der Waals surface area contributed by atoms with E-state index in [9.17, 15) is 4.79 Å². The van der Waals surface area contributed by atoms with Gasteiger partial charge in [-0.05, 0) is 36.3 Å². The van der Waals surface area contributed by atoms with Crippen LogP contribution in [0.3, 0.4) is 0 Å². The lowest BCUT2D eigenvalue weighted by molar-refractivity contribution is -0.155. The Morgan fingerprint density at radius 1 is 1.06 bits per heavy atom. The Kier molecular flexibility index (Phi) is 9.76. The smallest absolute Gasteiger partial charge is 0.303 e. The highest BCUT2D eigenvalue weighted by molar-refractivity contribution is 5.66. The molecule has 0 fully saturated rings. The number of methoxy groups -OCH3 is 1. The fourth-order valence-electron chi connectivity index (χ4n) is 3.29. The summed E-state index contributed by atoms with van der Waals surface area (Å²) >= 11 is 0. The predicted molar refractivity (Wildman–Crippen MR) is 122 cm³/mol. The maximum absolute atomic E-state index is 11.6. The van der Waals surface area contributed by atoms with Gasteiger partial charge in [-0.2, -0.15) is 0 Å². The van der Waals surface area contributed by atoms with Crippen LogP contribution in [0.1, 0.15) is 38.3 Å². The highest BCUT2D eigenvalue weighted by Crippen LogP contribution is 2.26. The van der Waals surface area contributed by atoms with E-state index in [1.807, 2.05) is 61.5 Å². The van der Waals surface area contributed by atoms with Crippen LogP contribution in [0.5, 0.6) is 5.75 Å². The van der Waals surface area contributed by atoms with Crippen LogP contribution in [0.2, 0.25) is 0 Å². The highest BCUT2D eigenvalue weighted by atomic mass is 16.6. The van der Waals surface area contributed by atoms with Crippen LogP contribution in [0.25, 0.3) is 0 Å². The summed E-state index contributed by atoms with van der Waals surface area (Å²) in [5.74, 6) is 0.540. The van der Waals surface area contributed by atoms with E-state index in [4.69, 9.17) is 18.9 Å². The SMILES string of the molecule is C=CC(C)(C[C@@H](OCc1ccc(OC)cc1)[C@H](C)COCc1ccccc1)OC(C)=O. The Morgan fingerprint density at radius 3 is 2.29 bits per heavy atom. The molecule has 0 saturated carbocycles. The lowest BCUT2D eigenvalue weighted by Crippen LogP contribution is -2.38. The first-order chi connectivity index (χ1) is 14.8. The van der Waals surface area contributed by atoms with Crippen LogP contribution in [-0.4, -0.2) is 31.4 Å². The standard InChI is InChI=1S/C26H34O5/c1-6-26(4,31-21(3)27)16-25(30-19-23-12-14-24(28-5)15-13-23)20(2)17-29-18-22-10-8-7-9-11-22/h6-15,20,25H,1,16-19H2,2-5H3/t20-,25-,26?/m1/s1. The van der Waals surface area contributed by atoms with Crippen LogP contribution in [-0.2, 0) is 32.2 Å². The average Bonchev–Trinajstić information content (AvgIpc) is 2.77. The van der Waals surface area contributed by atoms with Crippen LogP contribution in [0.15, 0.2) is 67.3 Å². The van der Waals surface area contributed by atoms with Gasteiger partial charge in [-0.25, -0.2) is 0 Å². The molecular formula is C26H34O5. The van der Waals surface area contributed by atoms with Gasteiger partial charge in [0, 0.05) is 19.3 Å². The fourth-order valence-corrected chi connectivity index (χ4v) is 3.29. The normalized spacial score (nSPS) is 14.8. The van der Waals surface area contributed by atoms with Crippen molar-refractivity contribution in [3.8, 4) is 5.75 Å². The molecule has 0 spiro atoms. The van der Waals surface area contributed by atoms with E-state index in [0.717, 1.165) is 16.9 Å². The van der Waals surface area contributed by atoms with Crippen LogP contribution >= 0.6 is 0 Å². The van der Waals surface area contributed by atoms with Gasteiger partial charge < -0.3 is 18.9 Å². The van der Waals surface area contributed by atoms with Crippen LogP contribution in [0, 0.1) is 5.92 Å². The Balaban J connectivity index is 2.03. The van der Waals surface area contributed by atoms with Crippen molar-refractivity contribution in [1.29, 1.82) is 0 Å². The molecule has 0 saturated heterocycles. The Hall–Kier alpha value is -2.63. The van der Waals surface area contributed by atoms with Crippen molar-refractivity contribution in [3.05, 3.63) is 78.4 Å². The van der Waals surface area contributed by atoms with Crippen molar-refractivity contribution in [3.63, 3.8) is 0 Å². The number of hydrogen-bond acceptors (Lipinski definition) is 5. The zero-order chi connectivity index (χ0) is 22.7. The maximum Gasteiger partial charge on any atom is 0.303 e. The summed E-state index contributed by atoms with van der Waals surface area (Å²) in [4.78, 5) is 11.6. The molecular weight excluding hydrogens is 392 g/mol. The lowest BCUT2D eigenvalue weighted by Gasteiger charge is -2.33. The molecule has 0 aliphatic rings. The van der Waals surface area contributed by atoms with E-state index in [1.165, 1.54) is 6.92 Å². The molecule has 0 amide bonds. The van der Waals surface area contributed by atoms with Gasteiger partial charge in [-0.1, -0.05) is 56.0 Å². The van der Waals surface area contributed by atoms with Gasteiger partial charge in [0.2, 0.25) is 0 Å². The Morgan fingerprint density at radius 2 is 1.71 bits per heavy atom. The summed E-state index contributed by atoms with van der Waals surface area (Å²) in [5.41, 5.74) is 1.35. The number of carbonyl (C=O) groups is 1. The van der Waals surface area contributed by atoms with E-state index >= 15 is 0 Å². The van der Waals surface area contributed by atoms with Gasteiger partial charge in [0.25, 0.3) is 0 Å². The number of ether oxygens (including phenoxy) is 4. The molecule has 2 aromatic carbocycles.